The van der Waals surface area contributed by atoms with Gasteiger partial charge in [0.1, 0.15) is 5.51 Å². The molecule has 0 aliphatic heterocycles. The standard InChI is InChI=1S/C6H4N2S2/c1-2-9-3-5(1)6-7-4-10-8-6/h1-4H. The van der Waals surface area contributed by atoms with E-state index in [-0.39, 0.29) is 0 Å². The summed E-state index contributed by atoms with van der Waals surface area (Å²) in [4.78, 5) is 4.07. The van der Waals surface area contributed by atoms with Crippen LogP contribution < -0.4 is 0 Å². The van der Waals surface area contributed by atoms with Crippen LogP contribution in [0.2, 0.25) is 0 Å². The fraction of sp³-hybridized carbons (Fsp3) is 0. The van der Waals surface area contributed by atoms with E-state index in [1.165, 1.54) is 11.5 Å². The van der Waals surface area contributed by atoms with Gasteiger partial charge in [0.25, 0.3) is 0 Å². The largest absolute Gasteiger partial charge is 0.223 e. The van der Waals surface area contributed by atoms with Crippen LogP contribution in [0.4, 0.5) is 0 Å². The lowest BCUT2D eigenvalue weighted by Gasteiger charge is -1.82. The molecule has 0 amide bonds. The van der Waals surface area contributed by atoms with Crippen molar-refractivity contribution in [3.05, 3.63) is 22.3 Å². The maximum Gasteiger partial charge on any atom is 0.173 e. The van der Waals surface area contributed by atoms with E-state index in [2.05, 4.69) is 9.36 Å². The topological polar surface area (TPSA) is 25.8 Å². The van der Waals surface area contributed by atoms with Crippen molar-refractivity contribution in [2.24, 2.45) is 0 Å². The zero-order valence-corrected chi connectivity index (χ0v) is 6.65. The van der Waals surface area contributed by atoms with Crippen molar-refractivity contribution in [2.45, 2.75) is 0 Å². The molecule has 10 heavy (non-hydrogen) atoms. The van der Waals surface area contributed by atoms with Crippen molar-refractivity contribution < 1.29 is 0 Å². The Bertz CT molecular complexity index is 253. The van der Waals surface area contributed by atoms with Crippen LogP contribution in [0.3, 0.4) is 0 Å². The van der Waals surface area contributed by atoms with Crippen molar-refractivity contribution in [3.63, 3.8) is 0 Å². The minimum atomic E-state index is 0.839. The first-order valence-electron chi connectivity index (χ1n) is 2.76. The summed E-state index contributed by atoms with van der Waals surface area (Å²) in [7, 11) is 0. The van der Waals surface area contributed by atoms with Crippen molar-refractivity contribution in [1.82, 2.24) is 9.36 Å². The lowest BCUT2D eigenvalue weighted by Crippen LogP contribution is -1.72. The summed E-state index contributed by atoms with van der Waals surface area (Å²) < 4.78 is 4.10. The van der Waals surface area contributed by atoms with E-state index in [0.717, 1.165) is 11.4 Å². The molecular weight excluding hydrogens is 164 g/mol. The van der Waals surface area contributed by atoms with E-state index in [4.69, 9.17) is 0 Å². The molecule has 0 aliphatic rings. The van der Waals surface area contributed by atoms with Gasteiger partial charge in [0.05, 0.1) is 0 Å². The molecule has 2 aromatic rings. The maximum atomic E-state index is 4.10. The van der Waals surface area contributed by atoms with Crippen LogP contribution in [0, 0.1) is 0 Å². The first kappa shape index (κ1) is 6.00. The first-order chi connectivity index (χ1) is 4.97. The molecule has 2 aromatic heterocycles. The maximum absolute atomic E-state index is 4.10. The third-order valence-electron chi connectivity index (χ3n) is 1.14. The monoisotopic (exact) mass is 168 g/mol. The highest BCUT2D eigenvalue weighted by molar-refractivity contribution is 7.08. The highest BCUT2D eigenvalue weighted by Gasteiger charge is 1.99. The van der Waals surface area contributed by atoms with Gasteiger partial charge in [-0.25, -0.2) is 4.98 Å². The molecule has 0 bridgehead atoms. The molecule has 2 heterocycles. The van der Waals surface area contributed by atoms with E-state index in [1.807, 2.05) is 16.8 Å². The van der Waals surface area contributed by atoms with Crippen LogP contribution in [0.5, 0.6) is 0 Å². The molecule has 0 aliphatic carbocycles. The van der Waals surface area contributed by atoms with Gasteiger partial charge in [-0.3, -0.25) is 0 Å². The average molecular weight is 168 g/mol. The van der Waals surface area contributed by atoms with Gasteiger partial charge in [-0.05, 0) is 23.0 Å². The molecule has 0 N–H and O–H groups in total. The van der Waals surface area contributed by atoms with Gasteiger partial charge in [0, 0.05) is 10.9 Å². The van der Waals surface area contributed by atoms with Crippen molar-refractivity contribution in [1.29, 1.82) is 0 Å². The molecule has 0 fully saturated rings. The molecule has 0 saturated heterocycles. The molecule has 0 aromatic carbocycles. The predicted molar refractivity (Wildman–Crippen MR) is 43.2 cm³/mol. The number of aromatic nitrogens is 2. The van der Waals surface area contributed by atoms with Crippen LogP contribution in [-0.4, -0.2) is 9.36 Å². The van der Waals surface area contributed by atoms with Crippen molar-refractivity contribution in [3.8, 4) is 11.4 Å². The van der Waals surface area contributed by atoms with Gasteiger partial charge in [0.2, 0.25) is 0 Å². The second kappa shape index (κ2) is 2.48. The molecule has 0 radical (unpaired) electrons. The normalized spacial score (nSPS) is 10.0. The van der Waals surface area contributed by atoms with Gasteiger partial charge in [0.15, 0.2) is 5.82 Å². The summed E-state index contributed by atoms with van der Waals surface area (Å²) in [5, 5.41) is 4.07. The Morgan fingerprint density at radius 1 is 1.40 bits per heavy atom. The minimum Gasteiger partial charge on any atom is -0.223 e. The molecule has 0 saturated carbocycles. The highest BCUT2D eigenvalue weighted by atomic mass is 32.1. The summed E-state index contributed by atoms with van der Waals surface area (Å²) in [5.74, 6) is 0.839. The summed E-state index contributed by atoms with van der Waals surface area (Å²) in [6.07, 6.45) is 0. The predicted octanol–water partition coefficient (Wildman–Crippen LogP) is 2.27. The Hall–Kier alpha value is -0.740. The molecule has 0 atom stereocenters. The number of hydrogen-bond donors (Lipinski definition) is 0. The molecule has 2 nitrogen and oxygen atoms in total. The fourth-order valence-corrected chi connectivity index (χ4v) is 1.77. The average Bonchev–Trinajstić information content (AvgIpc) is 2.59. The van der Waals surface area contributed by atoms with E-state index < -0.39 is 0 Å². The Kier molecular flexibility index (Phi) is 1.49. The van der Waals surface area contributed by atoms with Crippen LogP contribution in [0.1, 0.15) is 0 Å². The molecule has 50 valence electrons. The highest BCUT2D eigenvalue weighted by Crippen LogP contribution is 2.17. The number of nitrogens with zero attached hydrogens (tertiary/aromatic N) is 2. The summed E-state index contributed by atoms with van der Waals surface area (Å²) in [6, 6.07) is 2.02. The number of rotatable bonds is 1. The van der Waals surface area contributed by atoms with Gasteiger partial charge in [-0.15, -0.1) is 0 Å². The molecular formula is C6H4N2S2. The van der Waals surface area contributed by atoms with Crippen LogP contribution in [0.25, 0.3) is 11.4 Å². The molecule has 4 heteroatoms. The Balaban J connectivity index is 2.48. The third-order valence-corrected chi connectivity index (χ3v) is 2.30. The lowest BCUT2D eigenvalue weighted by molar-refractivity contribution is 1.33. The minimum absolute atomic E-state index is 0.839. The Morgan fingerprint density at radius 2 is 2.40 bits per heavy atom. The summed E-state index contributed by atoms with van der Waals surface area (Å²) in [5.41, 5.74) is 2.86. The number of thiophene rings is 1. The zero-order valence-electron chi connectivity index (χ0n) is 5.02. The van der Waals surface area contributed by atoms with Crippen molar-refractivity contribution in [2.75, 3.05) is 0 Å². The summed E-state index contributed by atoms with van der Waals surface area (Å²) in [6.45, 7) is 0. The van der Waals surface area contributed by atoms with E-state index in [9.17, 15) is 0 Å². The SMILES string of the molecule is c1cc(-c2ncsn2)cs1. The van der Waals surface area contributed by atoms with Gasteiger partial charge < -0.3 is 0 Å². The summed E-state index contributed by atoms with van der Waals surface area (Å²) >= 11 is 3.04. The number of hydrogen-bond acceptors (Lipinski definition) is 4. The third kappa shape index (κ3) is 0.955. The molecule has 2 rings (SSSR count). The lowest BCUT2D eigenvalue weighted by atomic mass is 10.3. The molecule has 0 spiro atoms. The van der Waals surface area contributed by atoms with Crippen LogP contribution >= 0.6 is 22.9 Å². The second-order valence-corrected chi connectivity index (χ2v) is 3.15. The zero-order chi connectivity index (χ0) is 6.81. The quantitative estimate of drug-likeness (QED) is 0.652. The van der Waals surface area contributed by atoms with E-state index in [1.54, 1.807) is 16.8 Å². The van der Waals surface area contributed by atoms with Gasteiger partial charge in [-0.2, -0.15) is 15.7 Å². The van der Waals surface area contributed by atoms with E-state index >= 15 is 0 Å². The Morgan fingerprint density at radius 3 is 3.00 bits per heavy atom. The molecule has 0 unspecified atom stereocenters. The first-order valence-corrected chi connectivity index (χ1v) is 4.54. The fourth-order valence-electron chi connectivity index (χ4n) is 0.689. The smallest absolute Gasteiger partial charge is 0.173 e. The van der Waals surface area contributed by atoms with Gasteiger partial charge in [-0.1, -0.05) is 0 Å². The second-order valence-electron chi connectivity index (χ2n) is 1.77. The van der Waals surface area contributed by atoms with Crippen molar-refractivity contribution >= 4 is 22.9 Å². The van der Waals surface area contributed by atoms with Crippen LogP contribution in [-0.2, 0) is 0 Å². The Labute approximate surface area is 66.3 Å². The van der Waals surface area contributed by atoms with Crippen LogP contribution in [0.15, 0.2) is 22.3 Å². The van der Waals surface area contributed by atoms with E-state index in [0.29, 0.717) is 0 Å². The van der Waals surface area contributed by atoms with Gasteiger partial charge >= 0.3 is 0 Å².